The van der Waals surface area contributed by atoms with Crippen LogP contribution in [0.4, 0.5) is 5.95 Å². The zero-order valence-electron chi connectivity index (χ0n) is 10.2. The van der Waals surface area contributed by atoms with Gasteiger partial charge in [0.1, 0.15) is 0 Å². The molecule has 19 heavy (non-hydrogen) atoms. The summed E-state index contributed by atoms with van der Waals surface area (Å²) in [5.41, 5.74) is 0.777. The molecule has 0 aliphatic heterocycles. The minimum absolute atomic E-state index is 0.572. The minimum atomic E-state index is 0.572. The van der Waals surface area contributed by atoms with Gasteiger partial charge in [0.05, 0.1) is 4.47 Å². The van der Waals surface area contributed by atoms with Crippen LogP contribution in [0.1, 0.15) is 11.7 Å². The van der Waals surface area contributed by atoms with Gasteiger partial charge in [-0.2, -0.15) is 9.97 Å². The molecule has 3 rings (SSSR count). The van der Waals surface area contributed by atoms with Crippen LogP contribution >= 0.6 is 15.9 Å². The second-order valence-electron chi connectivity index (χ2n) is 3.97. The standard InChI is InChI=1S/C11H11BrN6O/c1-7-14-9(19-17-7)4-5-13-11-15-10-8(12)3-2-6-18(10)16-11/h2-3,6H,4-5H2,1H3,(H,13,16). The first-order valence-corrected chi connectivity index (χ1v) is 6.55. The van der Waals surface area contributed by atoms with Crippen LogP contribution in [0.15, 0.2) is 27.3 Å². The molecule has 0 saturated carbocycles. The van der Waals surface area contributed by atoms with E-state index in [1.54, 1.807) is 11.4 Å². The molecule has 0 aliphatic rings. The molecule has 3 heterocycles. The van der Waals surface area contributed by atoms with Gasteiger partial charge in [0.25, 0.3) is 0 Å². The molecule has 0 aromatic carbocycles. The van der Waals surface area contributed by atoms with E-state index in [0.717, 1.165) is 10.1 Å². The Morgan fingerprint density at radius 3 is 3.05 bits per heavy atom. The first kappa shape index (κ1) is 12.1. The van der Waals surface area contributed by atoms with Gasteiger partial charge in [0.15, 0.2) is 11.5 Å². The molecule has 0 bridgehead atoms. The predicted molar refractivity (Wildman–Crippen MR) is 71.9 cm³/mol. The zero-order valence-corrected chi connectivity index (χ0v) is 11.8. The number of pyridine rings is 1. The van der Waals surface area contributed by atoms with E-state index < -0.39 is 0 Å². The smallest absolute Gasteiger partial charge is 0.243 e. The summed E-state index contributed by atoms with van der Waals surface area (Å²) in [7, 11) is 0. The fourth-order valence-electron chi connectivity index (χ4n) is 1.67. The van der Waals surface area contributed by atoms with Crippen LogP contribution in [-0.2, 0) is 6.42 Å². The Hall–Kier alpha value is -1.96. The molecule has 3 aromatic heterocycles. The number of hydrogen-bond donors (Lipinski definition) is 1. The molecule has 0 saturated heterocycles. The minimum Gasteiger partial charge on any atom is -0.352 e. The van der Waals surface area contributed by atoms with Crippen molar-refractivity contribution in [3.8, 4) is 0 Å². The molecular formula is C11H11BrN6O. The number of nitrogens with one attached hydrogen (secondary N) is 1. The van der Waals surface area contributed by atoms with E-state index in [2.05, 4.69) is 41.5 Å². The van der Waals surface area contributed by atoms with E-state index in [9.17, 15) is 0 Å². The summed E-state index contributed by atoms with van der Waals surface area (Å²) in [6.07, 6.45) is 2.48. The highest BCUT2D eigenvalue weighted by Gasteiger charge is 2.07. The summed E-state index contributed by atoms with van der Waals surface area (Å²) < 4.78 is 7.64. The number of aryl methyl sites for hydroxylation is 1. The fraction of sp³-hybridized carbons (Fsp3) is 0.273. The van der Waals surface area contributed by atoms with Gasteiger partial charge in [-0.3, -0.25) is 0 Å². The topological polar surface area (TPSA) is 81.1 Å². The van der Waals surface area contributed by atoms with E-state index >= 15 is 0 Å². The molecule has 98 valence electrons. The third-order valence-corrected chi connectivity index (χ3v) is 3.13. The number of hydrogen-bond acceptors (Lipinski definition) is 6. The molecule has 3 aromatic rings. The lowest BCUT2D eigenvalue weighted by molar-refractivity contribution is 0.377. The molecule has 0 spiro atoms. The second-order valence-corrected chi connectivity index (χ2v) is 4.83. The van der Waals surface area contributed by atoms with Gasteiger partial charge in [0.2, 0.25) is 11.8 Å². The van der Waals surface area contributed by atoms with Gasteiger partial charge in [-0.1, -0.05) is 5.16 Å². The van der Waals surface area contributed by atoms with Crippen LogP contribution in [0, 0.1) is 6.92 Å². The van der Waals surface area contributed by atoms with E-state index in [-0.39, 0.29) is 0 Å². The largest absolute Gasteiger partial charge is 0.352 e. The van der Waals surface area contributed by atoms with Crippen LogP contribution in [0.3, 0.4) is 0 Å². The Labute approximate surface area is 117 Å². The van der Waals surface area contributed by atoms with Crippen LogP contribution < -0.4 is 5.32 Å². The predicted octanol–water partition coefficient (Wildman–Crippen LogP) is 1.84. The Morgan fingerprint density at radius 1 is 1.42 bits per heavy atom. The lowest BCUT2D eigenvalue weighted by atomic mass is 10.4. The summed E-state index contributed by atoms with van der Waals surface area (Å²) in [5, 5.41) is 11.2. The average Bonchev–Trinajstić information content (AvgIpc) is 2.97. The maximum atomic E-state index is 5.03. The quantitative estimate of drug-likeness (QED) is 0.789. The average molecular weight is 323 g/mol. The van der Waals surface area contributed by atoms with E-state index in [1.165, 1.54) is 0 Å². The summed E-state index contributed by atoms with van der Waals surface area (Å²) >= 11 is 3.43. The SMILES string of the molecule is Cc1noc(CCNc2nc3c(Br)cccn3n2)n1. The molecule has 0 unspecified atom stereocenters. The highest BCUT2D eigenvalue weighted by Crippen LogP contribution is 2.16. The number of halogens is 1. The molecule has 0 aliphatic carbocycles. The molecule has 7 nitrogen and oxygen atoms in total. The van der Waals surface area contributed by atoms with E-state index in [1.807, 2.05) is 18.3 Å². The summed E-state index contributed by atoms with van der Waals surface area (Å²) in [6, 6.07) is 3.83. The van der Waals surface area contributed by atoms with Crippen molar-refractivity contribution < 1.29 is 4.52 Å². The lowest BCUT2D eigenvalue weighted by Crippen LogP contribution is -2.06. The van der Waals surface area contributed by atoms with Crippen molar-refractivity contribution in [2.45, 2.75) is 13.3 Å². The highest BCUT2D eigenvalue weighted by molar-refractivity contribution is 9.10. The molecular weight excluding hydrogens is 312 g/mol. The van der Waals surface area contributed by atoms with Crippen molar-refractivity contribution in [1.82, 2.24) is 24.7 Å². The Bertz CT molecular complexity index is 706. The summed E-state index contributed by atoms with van der Waals surface area (Å²) in [4.78, 5) is 8.50. The molecule has 0 atom stereocenters. The van der Waals surface area contributed by atoms with Gasteiger partial charge >= 0.3 is 0 Å². The van der Waals surface area contributed by atoms with E-state index in [0.29, 0.717) is 30.6 Å². The number of rotatable bonds is 4. The second kappa shape index (κ2) is 4.96. The van der Waals surface area contributed by atoms with E-state index in [4.69, 9.17) is 4.52 Å². The highest BCUT2D eigenvalue weighted by atomic mass is 79.9. The van der Waals surface area contributed by atoms with Crippen molar-refractivity contribution in [2.75, 3.05) is 11.9 Å². The van der Waals surface area contributed by atoms with Gasteiger partial charge in [-0.25, -0.2) is 4.52 Å². The van der Waals surface area contributed by atoms with Gasteiger partial charge in [-0.05, 0) is 35.0 Å². The molecule has 8 heteroatoms. The molecule has 1 N–H and O–H groups in total. The van der Waals surface area contributed by atoms with Crippen LogP contribution in [-0.4, -0.2) is 31.3 Å². The molecule has 0 amide bonds. The van der Waals surface area contributed by atoms with Gasteiger partial charge < -0.3 is 9.84 Å². The number of nitrogens with zero attached hydrogens (tertiary/aromatic N) is 5. The number of anilines is 1. The van der Waals surface area contributed by atoms with Gasteiger partial charge in [0, 0.05) is 19.2 Å². The first-order chi connectivity index (χ1) is 9.22. The fourth-order valence-corrected chi connectivity index (χ4v) is 2.09. The van der Waals surface area contributed by atoms with Crippen LogP contribution in [0.5, 0.6) is 0 Å². The van der Waals surface area contributed by atoms with Crippen molar-refractivity contribution >= 4 is 27.5 Å². The Kier molecular flexibility index (Phi) is 3.16. The van der Waals surface area contributed by atoms with Crippen LogP contribution in [0.2, 0.25) is 0 Å². The normalized spacial score (nSPS) is 11.1. The maximum absolute atomic E-state index is 5.03. The van der Waals surface area contributed by atoms with Crippen LogP contribution in [0.25, 0.3) is 5.65 Å². The number of fused-ring (bicyclic) bond motifs is 1. The third-order valence-electron chi connectivity index (χ3n) is 2.51. The first-order valence-electron chi connectivity index (χ1n) is 5.76. The van der Waals surface area contributed by atoms with Crippen molar-refractivity contribution in [3.63, 3.8) is 0 Å². The molecule has 0 radical (unpaired) electrons. The maximum Gasteiger partial charge on any atom is 0.243 e. The van der Waals surface area contributed by atoms with Crippen molar-refractivity contribution in [3.05, 3.63) is 34.5 Å². The molecule has 0 fully saturated rings. The van der Waals surface area contributed by atoms with Gasteiger partial charge in [-0.15, -0.1) is 5.10 Å². The zero-order chi connectivity index (χ0) is 13.2. The summed E-state index contributed by atoms with van der Waals surface area (Å²) in [5.74, 6) is 1.82. The Morgan fingerprint density at radius 2 is 2.32 bits per heavy atom. The summed E-state index contributed by atoms with van der Waals surface area (Å²) in [6.45, 7) is 2.43. The Balaban J connectivity index is 1.67. The monoisotopic (exact) mass is 322 g/mol. The number of aromatic nitrogens is 5. The van der Waals surface area contributed by atoms with Crippen molar-refractivity contribution in [2.24, 2.45) is 0 Å². The third kappa shape index (κ3) is 2.58. The van der Waals surface area contributed by atoms with Crippen molar-refractivity contribution in [1.29, 1.82) is 0 Å². The lowest BCUT2D eigenvalue weighted by Gasteiger charge is -1.96.